The lowest BCUT2D eigenvalue weighted by molar-refractivity contribution is -0.114. The molecule has 0 atom stereocenters. The highest BCUT2D eigenvalue weighted by Crippen LogP contribution is 2.35. The van der Waals surface area contributed by atoms with Crippen molar-refractivity contribution in [1.29, 1.82) is 0 Å². The van der Waals surface area contributed by atoms with Gasteiger partial charge in [-0.3, -0.25) is 19.2 Å². The molecular weight excluding hydrogens is 697 g/mol. The maximum absolute atomic E-state index is 13.5. The van der Waals surface area contributed by atoms with Crippen molar-refractivity contribution in [2.24, 2.45) is 0 Å². The summed E-state index contributed by atoms with van der Waals surface area (Å²) in [6.07, 6.45) is 1.60. The largest absolute Gasteiger partial charge is 0.462 e. The molecule has 264 valence electrons. The lowest BCUT2D eigenvalue weighted by Crippen LogP contribution is -2.30. The Labute approximate surface area is 309 Å². The smallest absolute Gasteiger partial charge is 0.341 e. The number of ether oxygens (including phenoxy) is 1. The molecule has 0 aliphatic carbocycles. The molecule has 5 rings (SSSR count). The fraction of sp³-hybridized carbons (Fsp3) is 0.125. The number of carbonyl (C=O) groups is 5. The summed E-state index contributed by atoms with van der Waals surface area (Å²) in [5, 5.41) is 11.4. The molecule has 1 heterocycles. The molecule has 0 radical (unpaired) electrons. The van der Waals surface area contributed by atoms with Gasteiger partial charge in [-0.1, -0.05) is 72.3 Å². The zero-order valence-corrected chi connectivity index (χ0v) is 30.3. The molecule has 0 saturated heterocycles. The zero-order chi connectivity index (χ0) is 37.0. The summed E-state index contributed by atoms with van der Waals surface area (Å²) in [6.45, 7) is 5.40. The van der Waals surface area contributed by atoms with Crippen molar-refractivity contribution < 1.29 is 28.7 Å². The van der Waals surface area contributed by atoms with Crippen molar-refractivity contribution in [3.05, 3.63) is 148 Å². The summed E-state index contributed by atoms with van der Waals surface area (Å²) in [5.41, 5.74) is 3.81. The second-order valence-electron chi connectivity index (χ2n) is 11.4. The second-order valence-corrected chi connectivity index (χ2v) is 13.5. The molecule has 12 heteroatoms. The highest BCUT2D eigenvalue weighted by atomic mass is 32.2. The Bertz CT molecular complexity index is 2110. The lowest BCUT2D eigenvalue weighted by Gasteiger charge is -2.12. The summed E-state index contributed by atoms with van der Waals surface area (Å²) in [4.78, 5) is 66.7. The number of aryl methyl sites for hydroxylation is 1. The molecule has 52 heavy (non-hydrogen) atoms. The first-order valence-electron chi connectivity index (χ1n) is 16.3. The predicted molar refractivity (Wildman–Crippen MR) is 207 cm³/mol. The third kappa shape index (κ3) is 10.1. The van der Waals surface area contributed by atoms with Crippen molar-refractivity contribution in [3.63, 3.8) is 0 Å². The number of carbonyl (C=O) groups excluding carboxylic acids is 5. The third-order valence-corrected chi connectivity index (χ3v) is 9.70. The molecule has 0 spiro atoms. The quantitative estimate of drug-likeness (QED) is 0.0547. The number of rotatable bonds is 13. The van der Waals surface area contributed by atoms with Gasteiger partial charge in [0.25, 0.3) is 17.7 Å². The number of esters is 1. The van der Waals surface area contributed by atoms with Crippen LogP contribution in [0, 0.1) is 13.8 Å². The van der Waals surface area contributed by atoms with Crippen LogP contribution >= 0.6 is 23.1 Å². The van der Waals surface area contributed by atoms with E-state index >= 15 is 0 Å². The minimum Gasteiger partial charge on any atom is -0.462 e. The van der Waals surface area contributed by atoms with Crippen molar-refractivity contribution in [2.75, 3.05) is 28.3 Å². The van der Waals surface area contributed by atoms with Crippen LogP contribution in [0.5, 0.6) is 0 Å². The van der Waals surface area contributed by atoms with Crippen LogP contribution in [0.2, 0.25) is 0 Å². The SMILES string of the molecule is CCOC(=O)c1c(NC(=O)CSc2cccc(NC(=O)/C(=C/c3ccc(C)cc3)NC(=O)c3ccccc3)c2)sc(C(=O)Nc2ccccc2)c1C. The van der Waals surface area contributed by atoms with E-state index in [9.17, 15) is 24.0 Å². The summed E-state index contributed by atoms with van der Waals surface area (Å²) in [6, 6.07) is 32.0. The maximum Gasteiger partial charge on any atom is 0.341 e. The minimum absolute atomic E-state index is 0.0339. The molecule has 0 aliphatic heterocycles. The van der Waals surface area contributed by atoms with Gasteiger partial charge >= 0.3 is 5.97 Å². The van der Waals surface area contributed by atoms with Crippen LogP contribution in [0.1, 0.15) is 54.0 Å². The number of thioether (sulfide) groups is 1. The highest BCUT2D eigenvalue weighted by Gasteiger charge is 2.27. The number of hydrogen-bond acceptors (Lipinski definition) is 8. The van der Waals surface area contributed by atoms with E-state index in [0.717, 1.165) is 22.5 Å². The fourth-order valence-electron chi connectivity index (χ4n) is 4.92. The van der Waals surface area contributed by atoms with Crippen LogP contribution in [0.4, 0.5) is 16.4 Å². The fourth-order valence-corrected chi connectivity index (χ4v) is 6.78. The van der Waals surface area contributed by atoms with Crippen LogP contribution in [0.25, 0.3) is 6.08 Å². The van der Waals surface area contributed by atoms with Crippen molar-refractivity contribution in [1.82, 2.24) is 5.32 Å². The van der Waals surface area contributed by atoms with E-state index in [1.165, 1.54) is 11.8 Å². The molecule has 0 fully saturated rings. The van der Waals surface area contributed by atoms with Crippen LogP contribution in [-0.4, -0.2) is 42.0 Å². The third-order valence-electron chi connectivity index (χ3n) is 7.50. The molecule has 0 unspecified atom stereocenters. The Hall–Kier alpha value is -5.98. The predicted octanol–water partition coefficient (Wildman–Crippen LogP) is 7.93. The van der Waals surface area contributed by atoms with Gasteiger partial charge in [0.1, 0.15) is 10.7 Å². The molecule has 10 nitrogen and oxygen atoms in total. The zero-order valence-electron chi connectivity index (χ0n) is 28.6. The number of para-hydroxylation sites is 1. The summed E-state index contributed by atoms with van der Waals surface area (Å²) in [5.74, 6) is -2.46. The first-order valence-corrected chi connectivity index (χ1v) is 18.1. The first-order chi connectivity index (χ1) is 25.1. The van der Waals surface area contributed by atoms with E-state index in [1.807, 2.05) is 37.3 Å². The van der Waals surface area contributed by atoms with Crippen LogP contribution in [0.3, 0.4) is 0 Å². The molecule has 1 aromatic heterocycles. The van der Waals surface area contributed by atoms with Gasteiger partial charge in [0, 0.05) is 21.8 Å². The van der Waals surface area contributed by atoms with Crippen LogP contribution in [-0.2, 0) is 14.3 Å². The van der Waals surface area contributed by atoms with E-state index in [-0.39, 0.29) is 33.5 Å². The number of amides is 4. The summed E-state index contributed by atoms with van der Waals surface area (Å²) in [7, 11) is 0. The highest BCUT2D eigenvalue weighted by molar-refractivity contribution is 8.00. The second kappa shape index (κ2) is 17.8. The molecule has 4 N–H and O–H groups in total. The van der Waals surface area contributed by atoms with Gasteiger partial charge in [-0.05, 0) is 80.4 Å². The van der Waals surface area contributed by atoms with Gasteiger partial charge in [-0.25, -0.2) is 4.79 Å². The monoisotopic (exact) mass is 732 g/mol. The average molecular weight is 733 g/mol. The van der Waals surface area contributed by atoms with Gasteiger partial charge in [0.05, 0.1) is 22.8 Å². The van der Waals surface area contributed by atoms with E-state index in [2.05, 4.69) is 21.3 Å². The Balaban J connectivity index is 1.27. The van der Waals surface area contributed by atoms with Gasteiger partial charge in [-0.2, -0.15) is 0 Å². The Morgan fingerprint density at radius 3 is 2.12 bits per heavy atom. The molecule has 4 amide bonds. The molecule has 4 aromatic carbocycles. The van der Waals surface area contributed by atoms with E-state index in [1.54, 1.807) is 98.8 Å². The molecule has 0 aliphatic rings. The Morgan fingerprint density at radius 2 is 1.42 bits per heavy atom. The maximum atomic E-state index is 13.5. The average Bonchev–Trinajstić information content (AvgIpc) is 3.47. The minimum atomic E-state index is -0.642. The Kier molecular flexibility index (Phi) is 12.8. The van der Waals surface area contributed by atoms with Gasteiger partial charge in [-0.15, -0.1) is 23.1 Å². The van der Waals surface area contributed by atoms with E-state index in [4.69, 9.17) is 4.74 Å². The molecule has 0 saturated carbocycles. The van der Waals surface area contributed by atoms with Crippen molar-refractivity contribution in [3.8, 4) is 0 Å². The van der Waals surface area contributed by atoms with E-state index < -0.39 is 29.6 Å². The number of anilines is 3. The van der Waals surface area contributed by atoms with Crippen LogP contribution in [0.15, 0.2) is 120 Å². The summed E-state index contributed by atoms with van der Waals surface area (Å²) >= 11 is 2.21. The van der Waals surface area contributed by atoms with Gasteiger partial charge < -0.3 is 26.0 Å². The number of hydrogen-bond donors (Lipinski definition) is 4. The van der Waals surface area contributed by atoms with Crippen molar-refractivity contribution in [2.45, 2.75) is 25.7 Å². The molecule has 0 bridgehead atoms. The number of benzene rings is 4. The van der Waals surface area contributed by atoms with Crippen LogP contribution < -0.4 is 21.3 Å². The molecular formula is C40H36N4O6S2. The standard InChI is InChI=1S/C40H36N4O6S2/c1-4-50-40(49)34-26(3)35(38(48)41-29-14-9-6-10-15-29)52-39(34)44-33(45)24-51-31-17-11-16-30(23-31)42-37(47)32(22-27-20-18-25(2)19-21-27)43-36(46)28-12-7-5-8-13-28/h5-23H,4,24H2,1-3H3,(H,41,48)(H,42,47)(H,43,46)(H,44,45)/b32-22-. The Morgan fingerprint density at radius 1 is 0.750 bits per heavy atom. The normalized spacial score (nSPS) is 10.9. The van der Waals surface area contributed by atoms with Gasteiger partial charge in [0.15, 0.2) is 0 Å². The molecule has 5 aromatic rings. The number of thiophene rings is 1. The first kappa shape index (κ1) is 37.3. The van der Waals surface area contributed by atoms with Gasteiger partial charge in [0.2, 0.25) is 5.91 Å². The summed E-state index contributed by atoms with van der Waals surface area (Å²) < 4.78 is 5.23. The van der Waals surface area contributed by atoms with E-state index in [0.29, 0.717) is 27.4 Å². The topological polar surface area (TPSA) is 143 Å². The number of nitrogens with one attached hydrogen (secondary N) is 4. The van der Waals surface area contributed by atoms with Crippen molar-refractivity contribution >= 4 is 75.1 Å². The lowest BCUT2D eigenvalue weighted by atomic mass is 10.1.